The van der Waals surface area contributed by atoms with Crippen molar-refractivity contribution in [2.75, 3.05) is 24.2 Å². The summed E-state index contributed by atoms with van der Waals surface area (Å²) in [6.07, 6.45) is 1.84. The van der Waals surface area contributed by atoms with Crippen LogP contribution >= 0.6 is 0 Å². The van der Waals surface area contributed by atoms with E-state index in [0.29, 0.717) is 17.3 Å². The van der Waals surface area contributed by atoms with Crippen LogP contribution in [0.5, 0.6) is 0 Å². The lowest BCUT2D eigenvalue weighted by Gasteiger charge is -2.27. The number of aromatic nitrogens is 2. The van der Waals surface area contributed by atoms with Crippen LogP contribution in [0.15, 0.2) is 6.20 Å². The molecule has 4 nitrogen and oxygen atoms in total. The number of aryl methyl sites for hydroxylation is 1. The fourth-order valence-corrected chi connectivity index (χ4v) is 1.30. The summed E-state index contributed by atoms with van der Waals surface area (Å²) in [6.45, 7) is 12.0. The largest absolute Gasteiger partial charge is 0.369 e. The van der Waals surface area contributed by atoms with Crippen LogP contribution in [-0.2, 0) is 0 Å². The van der Waals surface area contributed by atoms with E-state index >= 15 is 0 Å². The lowest BCUT2D eigenvalue weighted by atomic mass is 9.82. The minimum atomic E-state index is 0.305. The summed E-state index contributed by atoms with van der Waals surface area (Å²) in [5.74, 6) is 2.15. The smallest absolute Gasteiger partial charge is 0.224 e. The highest BCUT2D eigenvalue weighted by molar-refractivity contribution is 5.46. The van der Waals surface area contributed by atoms with E-state index in [2.05, 4.69) is 48.3 Å². The first kappa shape index (κ1) is 13.7. The van der Waals surface area contributed by atoms with E-state index in [1.54, 1.807) is 0 Å². The third-order valence-electron chi connectivity index (χ3n) is 3.25. The van der Waals surface area contributed by atoms with Gasteiger partial charge in [0.25, 0.3) is 0 Å². The standard InChI is InChI=1S/C13H24N4/c1-9-7-16-12(14-6)17-11(9)15-8-10(2)13(3,4)5/h7,10H,8H2,1-6H3,(H2,14,15,16,17). The Morgan fingerprint density at radius 1 is 1.35 bits per heavy atom. The maximum Gasteiger partial charge on any atom is 0.224 e. The van der Waals surface area contributed by atoms with Gasteiger partial charge in [-0.3, -0.25) is 0 Å². The molecule has 0 aromatic carbocycles. The van der Waals surface area contributed by atoms with Crippen molar-refractivity contribution in [3.63, 3.8) is 0 Å². The van der Waals surface area contributed by atoms with Gasteiger partial charge < -0.3 is 10.6 Å². The van der Waals surface area contributed by atoms with Gasteiger partial charge in [0.05, 0.1) is 0 Å². The molecule has 4 heteroatoms. The average Bonchev–Trinajstić information content (AvgIpc) is 2.26. The van der Waals surface area contributed by atoms with Gasteiger partial charge in [-0.1, -0.05) is 27.7 Å². The molecule has 1 atom stereocenters. The van der Waals surface area contributed by atoms with Crippen LogP contribution in [-0.4, -0.2) is 23.6 Å². The summed E-state index contributed by atoms with van der Waals surface area (Å²) in [4.78, 5) is 8.58. The van der Waals surface area contributed by atoms with Crippen molar-refractivity contribution >= 4 is 11.8 Å². The van der Waals surface area contributed by atoms with E-state index in [-0.39, 0.29) is 0 Å². The number of rotatable bonds is 4. The Morgan fingerprint density at radius 3 is 2.53 bits per heavy atom. The zero-order chi connectivity index (χ0) is 13.1. The first-order valence-corrected chi connectivity index (χ1v) is 6.10. The van der Waals surface area contributed by atoms with Crippen LogP contribution in [0.4, 0.5) is 11.8 Å². The summed E-state index contributed by atoms with van der Waals surface area (Å²) in [6, 6.07) is 0. The predicted molar refractivity (Wildman–Crippen MR) is 73.4 cm³/mol. The normalized spacial score (nSPS) is 13.3. The van der Waals surface area contributed by atoms with Crippen LogP contribution in [0.1, 0.15) is 33.3 Å². The lowest BCUT2D eigenvalue weighted by molar-refractivity contribution is 0.274. The Labute approximate surface area is 104 Å². The lowest BCUT2D eigenvalue weighted by Crippen LogP contribution is -2.25. The Bertz CT molecular complexity index is 368. The van der Waals surface area contributed by atoms with Gasteiger partial charge in [-0.05, 0) is 18.3 Å². The zero-order valence-electron chi connectivity index (χ0n) is 11.8. The highest BCUT2D eigenvalue weighted by atomic mass is 15.1. The van der Waals surface area contributed by atoms with Crippen molar-refractivity contribution < 1.29 is 0 Å². The molecule has 96 valence electrons. The van der Waals surface area contributed by atoms with E-state index < -0.39 is 0 Å². The molecule has 0 bridgehead atoms. The molecule has 2 N–H and O–H groups in total. The topological polar surface area (TPSA) is 49.8 Å². The maximum absolute atomic E-state index is 4.41. The first-order chi connectivity index (χ1) is 7.84. The summed E-state index contributed by atoms with van der Waals surface area (Å²) in [7, 11) is 1.83. The van der Waals surface area contributed by atoms with Crippen molar-refractivity contribution in [2.24, 2.45) is 11.3 Å². The van der Waals surface area contributed by atoms with Crippen LogP contribution in [0.2, 0.25) is 0 Å². The Kier molecular flexibility index (Phi) is 4.32. The molecular formula is C13H24N4. The van der Waals surface area contributed by atoms with E-state index in [1.807, 2.05) is 20.2 Å². The summed E-state index contributed by atoms with van der Waals surface area (Å²) in [5.41, 5.74) is 1.38. The molecule has 17 heavy (non-hydrogen) atoms. The monoisotopic (exact) mass is 236 g/mol. The summed E-state index contributed by atoms with van der Waals surface area (Å²) in [5, 5.41) is 6.35. The van der Waals surface area contributed by atoms with Crippen molar-refractivity contribution in [1.29, 1.82) is 0 Å². The molecule has 1 heterocycles. The predicted octanol–water partition coefficient (Wildman–Crippen LogP) is 2.92. The number of hydrogen-bond acceptors (Lipinski definition) is 4. The van der Waals surface area contributed by atoms with Gasteiger partial charge in [0.2, 0.25) is 5.95 Å². The summed E-state index contributed by atoms with van der Waals surface area (Å²) >= 11 is 0. The molecule has 0 amide bonds. The van der Waals surface area contributed by atoms with E-state index in [4.69, 9.17) is 0 Å². The van der Waals surface area contributed by atoms with Gasteiger partial charge >= 0.3 is 0 Å². The van der Waals surface area contributed by atoms with Crippen LogP contribution < -0.4 is 10.6 Å². The fourth-order valence-electron chi connectivity index (χ4n) is 1.30. The van der Waals surface area contributed by atoms with E-state index in [9.17, 15) is 0 Å². The molecule has 0 aliphatic heterocycles. The number of nitrogens with one attached hydrogen (secondary N) is 2. The first-order valence-electron chi connectivity index (χ1n) is 6.10. The van der Waals surface area contributed by atoms with Gasteiger partial charge in [0.1, 0.15) is 5.82 Å². The highest BCUT2D eigenvalue weighted by Crippen LogP contribution is 2.25. The zero-order valence-corrected chi connectivity index (χ0v) is 11.8. The van der Waals surface area contributed by atoms with Crippen molar-refractivity contribution in [2.45, 2.75) is 34.6 Å². The molecule has 0 saturated carbocycles. The number of nitrogens with zero attached hydrogens (tertiary/aromatic N) is 2. The third-order valence-corrected chi connectivity index (χ3v) is 3.25. The second-order valence-electron chi connectivity index (χ2n) is 5.62. The van der Waals surface area contributed by atoms with Gasteiger partial charge in [0.15, 0.2) is 0 Å². The molecule has 0 spiro atoms. The van der Waals surface area contributed by atoms with Crippen molar-refractivity contribution in [3.05, 3.63) is 11.8 Å². The Hall–Kier alpha value is -1.32. The Balaban J connectivity index is 2.69. The average molecular weight is 236 g/mol. The molecule has 0 aliphatic rings. The van der Waals surface area contributed by atoms with Crippen LogP contribution in [0, 0.1) is 18.3 Å². The molecular weight excluding hydrogens is 212 g/mol. The van der Waals surface area contributed by atoms with Gasteiger partial charge in [-0.2, -0.15) is 4.98 Å². The molecule has 1 rings (SSSR count). The molecule has 1 aromatic rings. The molecule has 0 aliphatic carbocycles. The number of anilines is 2. The molecule has 0 radical (unpaired) electrons. The molecule has 1 aromatic heterocycles. The Morgan fingerprint density at radius 2 is 2.00 bits per heavy atom. The van der Waals surface area contributed by atoms with Gasteiger partial charge in [-0.25, -0.2) is 4.98 Å². The minimum absolute atomic E-state index is 0.305. The van der Waals surface area contributed by atoms with E-state index in [1.165, 1.54) is 0 Å². The van der Waals surface area contributed by atoms with Crippen molar-refractivity contribution in [1.82, 2.24) is 9.97 Å². The summed E-state index contributed by atoms with van der Waals surface area (Å²) < 4.78 is 0. The minimum Gasteiger partial charge on any atom is -0.369 e. The highest BCUT2D eigenvalue weighted by Gasteiger charge is 2.19. The maximum atomic E-state index is 4.41. The fraction of sp³-hybridized carbons (Fsp3) is 0.692. The second-order valence-corrected chi connectivity index (χ2v) is 5.62. The van der Waals surface area contributed by atoms with E-state index in [0.717, 1.165) is 17.9 Å². The molecule has 0 saturated heterocycles. The van der Waals surface area contributed by atoms with Crippen LogP contribution in [0.25, 0.3) is 0 Å². The number of hydrogen-bond donors (Lipinski definition) is 2. The molecule has 0 fully saturated rings. The van der Waals surface area contributed by atoms with Crippen molar-refractivity contribution in [3.8, 4) is 0 Å². The third kappa shape index (κ3) is 3.88. The van der Waals surface area contributed by atoms with Crippen LogP contribution in [0.3, 0.4) is 0 Å². The molecule has 1 unspecified atom stereocenters. The SMILES string of the molecule is CNc1ncc(C)c(NCC(C)C(C)(C)C)n1. The van der Waals surface area contributed by atoms with Gasteiger partial charge in [0, 0.05) is 25.4 Å². The second kappa shape index (κ2) is 5.34. The van der Waals surface area contributed by atoms with Gasteiger partial charge in [-0.15, -0.1) is 0 Å². The quantitative estimate of drug-likeness (QED) is 0.844.